The van der Waals surface area contributed by atoms with Crippen molar-refractivity contribution >= 4 is 17.3 Å². The number of carbonyl (C=O) groups excluding carboxylic acids is 3. The summed E-state index contributed by atoms with van der Waals surface area (Å²) in [5.41, 5.74) is -3.22. The number of aliphatic hydroxyl groups is 2. The number of Topliss-reactive ketones (excluding diaryl/α,β-unsaturated/α-hetero) is 1. The molecule has 5 N–H and O–H groups in total. The number of ketones is 3. The van der Waals surface area contributed by atoms with Crippen LogP contribution in [0.3, 0.4) is 0 Å². The zero-order chi connectivity index (χ0) is 29.8. The van der Waals surface area contributed by atoms with Gasteiger partial charge in [-0.15, -0.1) is 0 Å². The maximum Gasteiger partial charge on any atom is 0.202 e. The number of hydrogen-bond donors (Lipinski definition) is 5. The molecule has 1 saturated heterocycles. The first-order valence-corrected chi connectivity index (χ1v) is 13.7. The highest BCUT2D eigenvalue weighted by Gasteiger charge is 2.50. The molecule has 11 heteroatoms. The first kappa shape index (κ1) is 29.2. The summed E-state index contributed by atoms with van der Waals surface area (Å²) < 4.78 is 17.6. The molecule has 41 heavy (non-hydrogen) atoms. The maximum atomic E-state index is 13.7. The molecule has 1 heterocycles. The molecule has 0 saturated carbocycles. The van der Waals surface area contributed by atoms with Crippen molar-refractivity contribution in [3.05, 3.63) is 51.6 Å². The van der Waals surface area contributed by atoms with E-state index in [0.717, 1.165) is 6.42 Å². The number of benzene rings is 2. The molecule has 0 bridgehead atoms. The third kappa shape index (κ3) is 4.91. The Morgan fingerprint density at radius 1 is 1.12 bits per heavy atom. The van der Waals surface area contributed by atoms with E-state index < -0.39 is 71.0 Å². The summed E-state index contributed by atoms with van der Waals surface area (Å²) in [6, 6.07) is 4.69. The van der Waals surface area contributed by atoms with Gasteiger partial charge in [0.15, 0.2) is 17.9 Å². The highest BCUT2D eigenvalue weighted by Crippen LogP contribution is 2.52. The van der Waals surface area contributed by atoms with Crippen LogP contribution in [-0.2, 0) is 20.7 Å². The fourth-order valence-electron chi connectivity index (χ4n) is 6.37. The van der Waals surface area contributed by atoms with Gasteiger partial charge in [-0.1, -0.05) is 26.0 Å². The van der Waals surface area contributed by atoms with Crippen LogP contribution in [0.4, 0.5) is 0 Å². The van der Waals surface area contributed by atoms with Crippen molar-refractivity contribution in [1.82, 2.24) is 5.32 Å². The van der Waals surface area contributed by atoms with Crippen LogP contribution in [0, 0.1) is 0 Å². The van der Waals surface area contributed by atoms with Crippen LogP contribution in [0.5, 0.6) is 17.2 Å². The van der Waals surface area contributed by atoms with E-state index in [1.807, 2.05) is 20.8 Å². The summed E-state index contributed by atoms with van der Waals surface area (Å²) in [6.07, 6.45) is -2.00. The Morgan fingerprint density at radius 3 is 2.49 bits per heavy atom. The number of nitrogens with one attached hydrogen (secondary N) is 1. The van der Waals surface area contributed by atoms with Gasteiger partial charge in [-0.2, -0.15) is 0 Å². The van der Waals surface area contributed by atoms with Gasteiger partial charge < -0.3 is 40.0 Å². The van der Waals surface area contributed by atoms with Gasteiger partial charge in [-0.3, -0.25) is 14.4 Å². The zero-order valence-corrected chi connectivity index (χ0v) is 23.4. The van der Waals surface area contributed by atoms with Crippen molar-refractivity contribution in [2.75, 3.05) is 13.7 Å². The van der Waals surface area contributed by atoms with Crippen LogP contribution in [0.1, 0.15) is 89.1 Å². The molecule has 220 valence electrons. The van der Waals surface area contributed by atoms with Gasteiger partial charge in [0.25, 0.3) is 0 Å². The predicted molar refractivity (Wildman–Crippen MR) is 144 cm³/mol. The van der Waals surface area contributed by atoms with Crippen LogP contribution >= 0.6 is 0 Å². The van der Waals surface area contributed by atoms with Gasteiger partial charge in [0, 0.05) is 48.0 Å². The van der Waals surface area contributed by atoms with Crippen molar-refractivity contribution in [2.45, 2.75) is 82.6 Å². The van der Waals surface area contributed by atoms with Crippen LogP contribution in [0.15, 0.2) is 18.2 Å². The van der Waals surface area contributed by atoms with Gasteiger partial charge in [0.05, 0.1) is 36.0 Å². The Balaban J connectivity index is 1.65. The van der Waals surface area contributed by atoms with Gasteiger partial charge >= 0.3 is 0 Å². The number of rotatable bonds is 7. The molecule has 0 amide bonds. The summed E-state index contributed by atoms with van der Waals surface area (Å²) in [6.45, 7) is 4.95. The van der Waals surface area contributed by atoms with Gasteiger partial charge in [-0.05, 0) is 19.4 Å². The molecule has 0 aromatic heterocycles. The molecule has 0 radical (unpaired) electrons. The van der Waals surface area contributed by atoms with Crippen LogP contribution in [0.2, 0.25) is 0 Å². The van der Waals surface area contributed by atoms with E-state index in [9.17, 15) is 34.8 Å². The van der Waals surface area contributed by atoms with Crippen LogP contribution < -0.4 is 10.1 Å². The van der Waals surface area contributed by atoms with Crippen LogP contribution in [0.25, 0.3) is 0 Å². The predicted octanol–water partition coefficient (Wildman–Crippen LogP) is 2.07. The molecule has 0 spiro atoms. The lowest BCUT2D eigenvalue weighted by molar-refractivity contribution is -0.227. The number of aliphatic hydroxyl groups excluding tert-OH is 1. The van der Waals surface area contributed by atoms with E-state index in [4.69, 9.17) is 14.2 Å². The monoisotopic (exact) mass is 569 g/mol. The molecule has 1 aliphatic heterocycles. The quantitative estimate of drug-likeness (QED) is 0.264. The Morgan fingerprint density at radius 2 is 1.83 bits per heavy atom. The van der Waals surface area contributed by atoms with Gasteiger partial charge in [0.1, 0.15) is 29.5 Å². The van der Waals surface area contributed by atoms with E-state index in [1.54, 1.807) is 0 Å². The van der Waals surface area contributed by atoms with E-state index >= 15 is 0 Å². The fraction of sp³-hybridized carbons (Fsp3) is 0.500. The van der Waals surface area contributed by atoms with E-state index in [1.165, 1.54) is 25.3 Å². The average Bonchev–Trinajstić information content (AvgIpc) is 2.91. The number of ether oxygens (including phenoxy) is 3. The normalized spacial score (nSPS) is 27.3. The Hall–Kier alpha value is -3.35. The Kier molecular flexibility index (Phi) is 7.68. The molecule has 2 aromatic carbocycles. The number of carbonyl (C=O) groups is 3. The van der Waals surface area contributed by atoms with Gasteiger partial charge in [-0.25, -0.2) is 0 Å². The summed E-state index contributed by atoms with van der Waals surface area (Å²) >= 11 is 0. The first-order valence-electron chi connectivity index (χ1n) is 13.7. The molecule has 1 fully saturated rings. The minimum Gasteiger partial charge on any atom is -0.507 e. The molecular weight excluding hydrogens is 534 g/mol. The molecule has 0 unspecified atom stereocenters. The molecule has 2 aliphatic carbocycles. The largest absolute Gasteiger partial charge is 0.507 e. The number of phenolic OH excluding ortho intramolecular Hbond substituents is 2. The summed E-state index contributed by atoms with van der Waals surface area (Å²) in [4.78, 5) is 40.1. The fourth-order valence-corrected chi connectivity index (χ4v) is 6.37. The molecule has 2 aromatic rings. The average molecular weight is 570 g/mol. The number of hydrogen-bond acceptors (Lipinski definition) is 11. The maximum absolute atomic E-state index is 13.7. The van der Waals surface area contributed by atoms with E-state index in [0.29, 0.717) is 6.42 Å². The Bertz CT molecular complexity index is 1420. The number of methoxy groups -OCH3 is 1. The minimum atomic E-state index is -2.18. The van der Waals surface area contributed by atoms with E-state index in [-0.39, 0.29) is 52.6 Å². The number of phenols is 2. The third-order valence-electron chi connectivity index (χ3n) is 8.10. The van der Waals surface area contributed by atoms with Crippen molar-refractivity contribution in [3.8, 4) is 17.2 Å². The second kappa shape index (κ2) is 10.8. The summed E-state index contributed by atoms with van der Waals surface area (Å²) in [5.74, 6) is -3.47. The molecule has 5 atom stereocenters. The topological polar surface area (TPSA) is 172 Å². The lowest BCUT2D eigenvalue weighted by atomic mass is 9.72. The molecule has 11 nitrogen and oxygen atoms in total. The van der Waals surface area contributed by atoms with Crippen molar-refractivity contribution in [2.24, 2.45) is 0 Å². The molecule has 5 rings (SSSR count). The SMILES string of the molecule is COc1cccc2c1C(=O)c1c(O)c3c(c(O)c1C2=O)C[C@@](O)(C(=O)CO)C[C@@H]3O[C@H]1C[C@H](NC(C)C)C[C@H](C)O1. The highest BCUT2D eigenvalue weighted by atomic mass is 16.7. The van der Waals surface area contributed by atoms with Crippen molar-refractivity contribution in [1.29, 1.82) is 0 Å². The number of fused-ring (bicyclic) bond motifs is 3. The minimum absolute atomic E-state index is 0.0184. The highest BCUT2D eigenvalue weighted by molar-refractivity contribution is 6.31. The number of aromatic hydroxyl groups is 2. The standard InChI is InChI=1S/C30H35NO10/c1-13(2)31-15-8-14(3)40-21(9-15)41-19-11-30(38,20(33)12-32)10-17-23(19)29(37)25-24(27(17)35)26(34)16-6-5-7-18(39-4)22(16)28(25)36/h5-7,13-15,19,21,31-32,35,37-38H,8-12H2,1-4H3/t14-,15+,19-,21-,30-/m0/s1. The van der Waals surface area contributed by atoms with Gasteiger partial charge in [0.2, 0.25) is 5.78 Å². The lowest BCUT2D eigenvalue weighted by Gasteiger charge is -2.42. The van der Waals surface area contributed by atoms with E-state index in [2.05, 4.69) is 5.32 Å². The summed E-state index contributed by atoms with van der Waals surface area (Å²) in [5, 5.41) is 47.5. The van der Waals surface area contributed by atoms with Crippen molar-refractivity contribution in [3.63, 3.8) is 0 Å². The van der Waals surface area contributed by atoms with Crippen LogP contribution in [-0.4, -0.2) is 81.6 Å². The third-order valence-corrected chi connectivity index (χ3v) is 8.10. The molecule has 3 aliphatic rings. The van der Waals surface area contributed by atoms with Crippen molar-refractivity contribution < 1.29 is 49.0 Å². The second-order valence-electron chi connectivity index (χ2n) is 11.4. The zero-order valence-electron chi connectivity index (χ0n) is 23.4. The summed E-state index contributed by atoms with van der Waals surface area (Å²) in [7, 11) is 1.35. The lowest BCUT2D eigenvalue weighted by Crippen LogP contribution is -2.49. The smallest absolute Gasteiger partial charge is 0.202 e. The second-order valence-corrected chi connectivity index (χ2v) is 11.4. The molecular formula is C30H35NO10. The first-order chi connectivity index (χ1) is 19.4. The Labute approximate surface area is 237 Å².